The highest BCUT2D eigenvalue weighted by Gasteiger charge is 2.04. The number of halogens is 1. The van der Waals surface area contributed by atoms with E-state index in [1.165, 1.54) is 16.3 Å². The lowest BCUT2D eigenvalue weighted by atomic mass is 10.00. The zero-order valence-corrected chi connectivity index (χ0v) is 12.4. The Morgan fingerprint density at radius 2 is 1.45 bits per heavy atom. The molecule has 20 heavy (non-hydrogen) atoms. The van der Waals surface area contributed by atoms with Crippen LogP contribution < -0.4 is 0 Å². The predicted octanol–water partition coefficient (Wildman–Crippen LogP) is 5.08. The normalized spacial score (nSPS) is 10.7. The van der Waals surface area contributed by atoms with Crippen LogP contribution in [0.25, 0.3) is 21.9 Å². The second kappa shape index (κ2) is 5.59. The van der Waals surface area contributed by atoms with E-state index in [1.807, 2.05) is 36.4 Å². The van der Waals surface area contributed by atoms with Crippen LogP contribution in [0.1, 0.15) is 10.4 Å². The molecule has 3 aromatic rings. The van der Waals surface area contributed by atoms with E-state index in [-0.39, 0.29) is 5.78 Å². The summed E-state index contributed by atoms with van der Waals surface area (Å²) < 4.78 is 0. The molecule has 0 aliphatic carbocycles. The number of carbonyl (C=O) groups is 1. The molecule has 0 aliphatic heterocycles. The lowest BCUT2D eigenvalue weighted by molar-refractivity contribution is 0.102. The Hall–Kier alpha value is -1.93. The number of rotatable bonds is 3. The molecule has 0 spiro atoms. The van der Waals surface area contributed by atoms with E-state index < -0.39 is 0 Å². The van der Waals surface area contributed by atoms with Crippen molar-refractivity contribution in [2.24, 2.45) is 0 Å². The van der Waals surface area contributed by atoms with Crippen molar-refractivity contribution in [2.45, 2.75) is 0 Å². The van der Waals surface area contributed by atoms with Crippen LogP contribution in [-0.2, 0) is 0 Å². The number of Topliss-reactive ketones (excluding diaryl/α,β-unsaturated/α-hetero) is 1. The van der Waals surface area contributed by atoms with Gasteiger partial charge in [0.2, 0.25) is 0 Å². The number of hydrogen-bond donors (Lipinski definition) is 0. The van der Waals surface area contributed by atoms with E-state index in [2.05, 4.69) is 46.3 Å². The van der Waals surface area contributed by atoms with Crippen molar-refractivity contribution in [1.82, 2.24) is 0 Å². The minimum atomic E-state index is 0.107. The molecule has 0 aromatic heterocycles. The van der Waals surface area contributed by atoms with Crippen LogP contribution in [0, 0.1) is 0 Å². The number of carbonyl (C=O) groups excluding carboxylic acids is 1. The Labute approximate surface area is 126 Å². The van der Waals surface area contributed by atoms with Crippen molar-refractivity contribution in [3.63, 3.8) is 0 Å². The first-order chi connectivity index (χ1) is 9.78. The summed E-state index contributed by atoms with van der Waals surface area (Å²) in [6.45, 7) is 0. The molecule has 0 saturated carbocycles. The molecule has 0 aliphatic rings. The number of ketones is 1. The summed E-state index contributed by atoms with van der Waals surface area (Å²) in [5.41, 5.74) is 3.04. The van der Waals surface area contributed by atoms with Gasteiger partial charge in [0.05, 0.1) is 5.33 Å². The van der Waals surface area contributed by atoms with Gasteiger partial charge in [0, 0.05) is 5.56 Å². The Morgan fingerprint density at radius 1 is 0.800 bits per heavy atom. The monoisotopic (exact) mass is 324 g/mol. The second-order valence-corrected chi connectivity index (χ2v) is 5.26. The zero-order chi connectivity index (χ0) is 13.9. The van der Waals surface area contributed by atoms with Crippen LogP contribution in [-0.4, -0.2) is 11.1 Å². The van der Waals surface area contributed by atoms with Gasteiger partial charge in [0.1, 0.15) is 0 Å². The fourth-order valence-corrected chi connectivity index (χ4v) is 2.62. The van der Waals surface area contributed by atoms with Crippen molar-refractivity contribution in [3.8, 4) is 11.1 Å². The first kappa shape index (κ1) is 13.1. The lowest BCUT2D eigenvalue weighted by Gasteiger charge is -2.05. The molecular formula is C18H13BrO. The molecule has 1 nitrogen and oxygen atoms in total. The summed E-state index contributed by atoms with van der Waals surface area (Å²) in [6.07, 6.45) is 0. The molecule has 2 heteroatoms. The van der Waals surface area contributed by atoms with Crippen molar-refractivity contribution >= 4 is 32.5 Å². The van der Waals surface area contributed by atoms with Crippen LogP contribution in [0.3, 0.4) is 0 Å². The van der Waals surface area contributed by atoms with E-state index in [9.17, 15) is 4.79 Å². The zero-order valence-electron chi connectivity index (χ0n) is 10.8. The number of hydrogen-bond acceptors (Lipinski definition) is 1. The van der Waals surface area contributed by atoms with E-state index in [0.29, 0.717) is 5.33 Å². The molecule has 0 bridgehead atoms. The van der Waals surface area contributed by atoms with Gasteiger partial charge in [0.15, 0.2) is 5.78 Å². The predicted molar refractivity (Wildman–Crippen MR) is 87.5 cm³/mol. The van der Waals surface area contributed by atoms with Crippen molar-refractivity contribution in [1.29, 1.82) is 0 Å². The minimum absolute atomic E-state index is 0.107. The third-order valence-electron chi connectivity index (χ3n) is 3.41. The highest BCUT2D eigenvalue weighted by molar-refractivity contribution is 9.09. The van der Waals surface area contributed by atoms with Crippen molar-refractivity contribution in [2.75, 3.05) is 5.33 Å². The largest absolute Gasteiger partial charge is 0.293 e. The quantitative estimate of drug-likeness (QED) is 0.484. The number of fused-ring (bicyclic) bond motifs is 1. The van der Waals surface area contributed by atoms with Crippen molar-refractivity contribution in [3.05, 3.63) is 72.3 Å². The molecule has 98 valence electrons. The van der Waals surface area contributed by atoms with Gasteiger partial charge < -0.3 is 0 Å². The molecule has 0 atom stereocenters. The summed E-state index contributed by atoms with van der Waals surface area (Å²) in [5.74, 6) is 0.107. The first-order valence-electron chi connectivity index (χ1n) is 6.46. The van der Waals surface area contributed by atoms with Crippen LogP contribution in [0.4, 0.5) is 0 Å². The highest BCUT2D eigenvalue weighted by atomic mass is 79.9. The third-order valence-corrected chi connectivity index (χ3v) is 3.92. The highest BCUT2D eigenvalue weighted by Crippen LogP contribution is 2.24. The maximum atomic E-state index is 11.6. The minimum Gasteiger partial charge on any atom is -0.293 e. The molecule has 0 unspecified atom stereocenters. The molecule has 3 aromatic carbocycles. The van der Waals surface area contributed by atoms with Crippen LogP contribution in [0.2, 0.25) is 0 Å². The molecular weight excluding hydrogens is 312 g/mol. The average Bonchev–Trinajstić information content (AvgIpc) is 2.54. The van der Waals surface area contributed by atoms with Crippen LogP contribution in [0.5, 0.6) is 0 Å². The van der Waals surface area contributed by atoms with E-state index >= 15 is 0 Å². The van der Waals surface area contributed by atoms with Crippen LogP contribution >= 0.6 is 15.9 Å². The van der Waals surface area contributed by atoms with E-state index in [0.717, 1.165) is 11.1 Å². The Morgan fingerprint density at radius 3 is 2.15 bits per heavy atom. The fraction of sp³-hybridized carbons (Fsp3) is 0.0556. The molecule has 0 radical (unpaired) electrons. The van der Waals surface area contributed by atoms with E-state index in [4.69, 9.17) is 0 Å². The summed E-state index contributed by atoms with van der Waals surface area (Å²) in [5, 5.41) is 2.83. The van der Waals surface area contributed by atoms with Crippen LogP contribution in [0.15, 0.2) is 66.7 Å². The topological polar surface area (TPSA) is 17.1 Å². The maximum absolute atomic E-state index is 11.6. The van der Waals surface area contributed by atoms with Gasteiger partial charge in [-0.2, -0.15) is 0 Å². The second-order valence-electron chi connectivity index (χ2n) is 4.70. The van der Waals surface area contributed by atoms with Gasteiger partial charge in [-0.3, -0.25) is 4.79 Å². The number of alkyl halides is 1. The Kier molecular flexibility index (Phi) is 3.66. The molecule has 0 amide bonds. The number of benzene rings is 3. The molecule has 0 heterocycles. The SMILES string of the molecule is O=C(CBr)c1ccc(-c2ccc3ccccc3c2)cc1. The van der Waals surface area contributed by atoms with Gasteiger partial charge >= 0.3 is 0 Å². The standard InChI is InChI=1S/C18H13BrO/c19-12-18(20)15-8-5-14(6-9-15)17-10-7-13-3-1-2-4-16(13)11-17/h1-11H,12H2. The van der Waals surface area contributed by atoms with Gasteiger partial charge in [0.25, 0.3) is 0 Å². The van der Waals surface area contributed by atoms with Gasteiger partial charge in [-0.25, -0.2) is 0 Å². The maximum Gasteiger partial charge on any atom is 0.173 e. The Balaban J connectivity index is 2.00. The third kappa shape index (κ3) is 2.52. The smallest absolute Gasteiger partial charge is 0.173 e. The lowest BCUT2D eigenvalue weighted by Crippen LogP contribution is -1.98. The summed E-state index contributed by atoms with van der Waals surface area (Å²) in [6, 6.07) is 22.5. The molecule has 3 rings (SSSR count). The molecule has 0 saturated heterocycles. The van der Waals surface area contributed by atoms with Gasteiger partial charge in [-0.1, -0.05) is 76.6 Å². The van der Waals surface area contributed by atoms with Gasteiger partial charge in [-0.15, -0.1) is 0 Å². The fourth-order valence-electron chi connectivity index (χ4n) is 2.29. The Bertz CT molecular complexity index is 760. The summed E-state index contributed by atoms with van der Waals surface area (Å²) in [7, 11) is 0. The average molecular weight is 325 g/mol. The van der Waals surface area contributed by atoms with Gasteiger partial charge in [-0.05, 0) is 28.0 Å². The summed E-state index contributed by atoms with van der Waals surface area (Å²) in [4.78, 5) is 11.6. The van der Waals surface area contributed by atoms with Crippen molar-refractivity contribution < 1.29 is 4.79 Å². The first-order valence-corrected chi connectivity index (χ1v) is 7.58. The molecule has 0 fully saturated rings. The molecule has 0 N–H and O–H groups in total. The summed E-state index contributed by atoms with van der Waals surface area (Å²) >= 11 is 3.19. The van der Waals surface area contributed by atoms with E-state index in [1.54, 1.807) is 0 Å².